The van der Waals surface area contributed by atoms with Crippen LogP contribution in [0.5, 0.6) is 0 Å². The Balaban J connectivity index is 3.12. The van der Waals surface area contributed by atoms with Crippen molar-refractivity contribution in [3.8, 4) is 0 Å². The summed E-state index contributed by atoms with van der Waals surface area (Å²) in [4.78, 5) is 23.7. The third-order valence-electron chi connectivity index (χ3n) is 3.28. The summed E-state index contributed by atoms with van der Waals surface area (Å²) in [5, 5.41) is 12.5. The van der Waals surface area contributed by atoms with Gasteiger partial charge in [0.05, 0.1) is 0 Å². The molecule has 2 N–H and O–H groups in total. The Hall–Kier alpha value is -1.75. The number of carbonyl (C=O) groups excluding carboxylic acids is 1. The number of carbonyl (C=O) groups is 2. The number of amides is 1. The number of alkyl carbamates (subject to hydrolysis) is 1. The van der Waals surface area contributed by atoms with Gasteiger partial charge in [-0.15, -0.1) is 0 Å². The molecule has 1 aromatic carbocycles. The quantitative estimate of drug-likeness (QED) is 0.846. The minimum atomic E-state index is -1.13. The van der Waals surface area contributed by atoms with Crippen LogP contribution in [0.15, 0.2) is 24.3 Å². The van der Waals surface area contributed by atoms with Gasteiger partial charge in [0, 0.05) is 10.9 Å². The van der Waals surface area contributed by atoms with Crippen molar-refractivity contribution in [2.75, 3.05) is 0 Å². The van der Waals surface area contributed by atoms with Gasteiger partial charge in [0.15, 0.2) is 0 Å². The van der Waals surface area contributed by atoms with Gasteiger partial charge in [0.1, 0.15) is 11.6 Å². The van der Waals surface area contributed by atoms with Crippen LogP contribution in [0.3, 0.4) is 0 Å². The number of ether oxygens (including phenoxy) is 1. The summed E-state index contributed by atoms with van der Waals surface area (Å²) in [5.74, 6) is -1.66. The number of nitrogens with one attached hydrogen (secondary N) is 1. The molecule has 0 spiro atoms. The van der Waals surface area contributed by atoms with E-state index in [4.69, 9.17) is 16.3 Å². The van der Waals surface area contributed by atoms with Gasteiger partial charge in [0.2, 0.25) is 0 Å². The highest BCUT2D eigenvalue weighted by Gasteiger charge is 2.35. The molecule has 0 saturated heterocycles. The van der Waals surface area contributed by atoms with Gasteiger partial charge in [-0.1, -0.05) is 43.6 Å². The Bertz CT molecular complexity index is 566. The molecular formula is C17H24ClNO4. The van der Waals surface area contributed by atoms with Crippen LogP contribution in [0, 0.1) is 5.92 Å². The molecule has 0 aliphatic rings. The van der Waals surface area contributed by atoms with Gasteiger partial charge in [-0.2, -0.15) is 0 Å². The van der Waals surface area contributed by atoms with E-state index < -0.39 is 29.6 Å². The van der Waals surface area contributed by atoms with Crippen molar-refractivity contribution in [3.63, 3.8) is 0 Å². The Morgan fingerprint density at radius 1 is 1.22 bits per heavy atom. The Labute approximate surface area is 142 Å². The number of hydrogen-bond donors (Lipinski definition) is 2. The van der Waals surface area contributed by atoms with Crippen molar-refractivity contribution in [3.05, 3.63) is 34.9 Å². The normalized spacial score (nSPS) is 14.2. The molecule has 5 nitrogen and oxygen atoms in total. The van der Waals surface area contributed by atoms with Gasteiger partial charge >= 0.3 is 12.1 Å². The lowest BCUT2D eigenvalue weighted by molar-refractivity contribution is -0.140. The number of carboxylic acids is 1. The molecule has 1 rings (SSSR count). The van der Waals surface area contributed by atoms with E-state index in [0.717, 1.165) is 0 Å². The van der Waals surface area contributed by atoms with Crippen LogP contribution in [0.4, 0.5) is 4.79 Å². The lowest BCUT2D eigenvalue weighted by Gasteiger charge is -2.30. The van der Waals surface area contributed by atoms with Gasteiger partial charge in [-0.25, -0.2) is 9.59 Å². The molecule has 0 aliphatic heterocycles. The first-order chi connectivity index (χ1) is 10.5. The zero-order chi connectivity index (χ0) is 17.8. The highest BCUT2D eigenvalue weighted by atomic mass is 35.5. The number of rotatable bonds is 5. The third kappa shape index (κ3) is 5.75. The molecule has 0 aliphatic carbocycles. The molecule has 0 radical (unpaired) electrons. The molecular weight excluding hydrogens is 318 g/mol. The SMILES string of the molecule is CC(C)C(c1ccccc1Cl)C(NC(=O)OC(C)(C)C)C(=O)O. The average molecular weight is 342 g/mol. The highest BCUT2D eigenvalue weighted by molar-refractivity contribution is 6.31. The highest BCUT2D eigenvalue weighted by Crippen LogP contribution is 2.33. The van der Waals surface area contributed by atoms with E-state index in [1.54, 1.807) is 45.0 Å². The Morgan fingerprint density at radius 2 is 1.78 bits per heavy atom. The molecule has 0 bridgehead atoms. The maximum Gasteiger partial charge on any atom is 0.408 e. The van der Waals surface area contributed by atoms with E-state index in [0.29, 0.717) is 10.6 Å². The first-order valence-corrected chi connectivity index (χ1v) is 7.87. The van der Waals surface area contributed by atoms with E-state index in [-0.39, 0.29) is 5.92 Å². The van der Waals surface area contributed by atoms with E-state index in [1.807, 2.05) is 13.8 Å². The first kappa shape index (κ1) is 19.3. The number of carboxylic acid groups (broad SMARTS) is 1. The summed E-state index contributed by atoms with van der Waals surface area (Å²) in [6.07, 6.45) is -0.761. The lowest BCUT2D eigenvalue weighted by atomic mass is 9.82. The minimum absolute atomic E-state index is 0.0501. The van der Waals surface area contributed by atoms with Crippen LogP contribution in [0.1, 0.15) is 46.1 Å². The largest absolute Gasteiger partial charge is 0.480 e. The minimum Gasteiger partial charge on any atom is -0.480 e. The molecule has 0 fully saturated rings. The number of benzene rings is 1. The number of aliphatic carboxylic acids is 1. The molecule has 0 aromatic heterocycles. The monoisotopic (exact) mass is 341 g/mol. The summed E-state index contributed by atoms with van der Waals surface area (Å²) < 4.78 is 5.17. The summed E-state index contributed by atoms with van der Waals surface area (Å²) >= 11 is 6.22. The topological polar surface area (TPSA) is 75.6 Å². The maximum atomic E-state index is 12.0. The van der Waals surface area contributed by atoms with Gasteiger partial charge in [0.25, 0.3) is 0 Å². The van der Waals surface area contributed by atoms with Crippen molar-refractivity contribution in [1.29, 1.82) is 0 Å². The molecule has 2 unspecified atom stereocenters. The second kappa shape index (κ2) is 7.68. The van der Waals surface area contributed by atoms with E-state index >= 15 is 0 Å². The van der Waals surface area contributed by atoms with E-state index in [1.165, 1.54) is 0 Å². The smallest absolute Gasteiger partial charge is 0.408 e. The zero-order valence-electron chi connectivity index (χ0n) is 14.1. The lowest BCUT2D eigenvalue weighted by Crippen LogP contribution is -2.48. The van der Waals surface area contributed by atoms with Crippen molar-refractivity contribution in [1.82, 2.24) is 5.32 Å². The van der Waals surface area contributed by atoms with Crippen LogP contribution in [-0.4, -0.2) is 28.8 Å². The fourth-order valence-electron chi connectivity index (χ4n) is 2.41. The summed E-state index contributed by atoms with van der Waals surface area (Å²) in [5.41, 5.74) is -0.0159. The van der Waals surface area contributed by atoms with Gasteiger partial charge in [-0.3, -0.25) is 0 Å². The molecule has 1 aromatic rings. The first-order valence-electron chi connectivity index (χ1n) is 7.49. The van der Waals surface area contributed by atoms with Crippen molar-refractivity contribution in [2.24, 2.45) is 5.92 Å². The zero-order valence-corrected chi connectivity index (χ0v) is 14.8. The van der Waals surface area contributed by atoms with Crippen LogP contribution >= 0.6 is 11.6 Å². The van der Waals surface area contributed by atoms with Crippen LogP contribution in [-0.2, 0) is 9.53 Å². The molecule has 0 heterocycles. The summed E-state index contributed by atoms with van der Waals surface area (Å²) in [7, 11) is 0. The predicted molar refractivity (Wildman–Crippen MR) is 89.8 cm³/mol. The third-order valence-corrected chi connectivity index (χ3v) is 3.62. The average Bonchev–Trinajstić information content (AvgIpc) is 2.37. The van der Waals surface area contributed by atoms with Crippen LogP contribution in [0.2, 0.25) is 5.02 Å². The summed E-state index contributed by atoms with van der Waals surface area (Å²) in [6, 6.07) is 5.92. The fourth-order valence-corrected chi connectivity index (χ4v) is 2.67. The van der Waals surface area contributed by atoms with Crippen molar-refractivity contribution >= 4 is 23.7 Å². The number of halogens is 1. The van der Waals surface area contributed by atoms with E-state index in [2.05, 4.69) is 5.32 Å². The number of hydrogen-bond acceptors (Lipinski definition) is 3. The predicted octanol–water partition coefficient (Wildman–Crippen LogP) is 4.06. The van der Waals surface area contributed by atoms with E-state index in [9.17, 15) is 14.7 Å². The molecule has 128 valence electrons. The second-order valence-corrected chi connectivity index (χ2v) is 7.16. The fraction of sp³-hybridized carbons (Fsp3) is 0.529. The Morgan fingerprint density at radius 3 is 2.22 bits per heavy atom. The van der Waals surface area contributed by atoms with Crippen LogP contribution < -0.4 is 5.32 Å². The molecule has 6 heteroatoms. The second-order valence-electron chi connectivity index (χ2n) is 6.75. The molecule has 1 amide bonds. The van der Waals surface area contributed by atoms with Crippen molar-refractivity contribution < 1.29 is 19.4 Å². The van der Waals surface area contributed by atoms with Gasteiger partial charge in [-0.05, 0) is 38.3 Å². The standard InChI is InChI=1S/C17H24ClNO4/c1-10(2)13(11-8-6-7-9-12(11)18)14(15(20)21)19-16(22)23-17(3,4)5/h6-10,13-14H,1-5H3,(H,19,22)(H,20,21). The summed E-state index contributed by atoms with van der Waals surface area (Å²) in [6.45, 7) is 8.93. The molecule has 23 heavy (non-hydrogen) atoms. The Kier molecular flexibility index (Phi) is 6.45. The van der Waals surface area contributed by atoms with Gasteiger partial charge < -0.3 is 15.2 Å². The maximum absolute atomic E-state index is 12.0. The van der Waals surface area contributed by atoms with Crippen LogP contribution in [0.25, 0.3) is 0 Å². The molecule has 0 saturated carbocycles. The van der Waals surface area contributed by atoms with Crippen molar-refractivity contribution in [2.45, 2.75) is 52.2 Å². The molecule has 2 atom stereocenters.